The minimum atomic E-state index is -0.723. The van der Waals surface area contributed by atoms with E-state index in [-0.39, 0.29) is 18.1 Å². The summed E-state index contributed by atoms with van der Waals surface area (Å²) in [7, 11) is 5.92. The molecule has 2 radical (unpaired) electrons. The maximum atomic E-state index is 13.0. The first-order valence-electron chi connectivity index (χ1n) is 12.3. The molecule has 2 aromatic carbocycles. The summed E-state index contributed by atoms with van der Waals surface area (Å²) in [6, 6.07) is 12.1. The number of rotatable bonds is 10. The summed E-state index contributed by atoms with van der Waals surface area (Å²) in [5, 5.41) is 22.3. The van der Waals surface area contributed by atoms with Gasteiger partial charge in [-0.15, -0.1) is 12.6 Å². The van der Waals surface area contributed by atoms with Crippen LogP contribution in [0, 0.1) is 5.92 Å². The van der Waals surface area contributed by atoms with Gasteiger partial charge in [0.2, 0.25) is 0 Å². The fraction of sp³-hybridized carbons (Fsp3) is 0.407. The van der Waals surface area contributed by atoms with Crippen LogP contribution in [-0.4, -0.2) is 66.9 Å². The summed E-state index contributed by atoms with van der Waals surface area (Å²) in [5.41, 5.74) is 8.68. The number of nitrogens with one attached hydrogen (secondary N) is 1. The summed E-state index contributed by atoms with van der Waals surface area (Å²) in [5.74, 6) is 0.191. The van der Waals surface area contributed by atoms with Gasteiger partial charge in [0.15, 0.2) is 0 Å². The lowest BCUT2D eigenvalue weighted by molar-refractivity contribution is -0.112. The molecule has 3 atom stereocenters. The number of likely N-dealkylation sites (tertiary alicyclic amines) is 1. The number of allylic oxidation sites excluding steroid dienone is 1. The van der Waals surface area contributed by atoms with Crippen molar-refractivity contribution in [2.24, 2.45) is 16.6 Å². The number of thiol groups is 1. The molecule has 5 N–H and O–H groups in total. The normalized spacial score (nSPS) is 18.8. The average molecular weight is 522 g/mol. The number of carbonyl (C=O) groups is 1. The van der Waals surface area contributed by atoms with Crippen molar-refractivity contribution in [3.63, 3.8) is 0 Å². The number of carbonyl (C=O) groups excluding carboxylic acids is 1. The van der Waals surface area contributed by atoms with Crippen LogP contribution >= 0.6 is 12.6 Å². The molecule has 196 valence electrons. The average Bonchev–Trinajstić information content (AvgIpc) is 2.86. The SMILES string of the molecule is [B]C(C)Oc1cc(NC(=O)/C(C=Nc2ccc(S)cc2)=C(\C)N)ccc1CN1CCCC(C(O)CO)C1. The van der Waals surface area contributed by atoms with E-state index in [0.717, 1.165) is 29.8 Å². The van der Waals surface area contributed by atoms with E-state index in [0.29, 0.717) is 35.9 Å². The Kier molecular flexibility index (Phi) is 10.6. The first kappa shape index (κ1) is 28.8. The van der Waals surface area contributed by atoms with E-state index in [4.69, 9.17) is 18.3 Å². The predicted molar refractivity (Wildman–Crippen MR) is 151 cm³/mol. The zero-order valence-electron chi connectivity index (χ0n) is 21.3. The number of amides is 1. The van der Waals surface area contributed by atoms with Crippen molar-refractivity contribution < 1.29 is 19.7 Å². The van der Waals surface area contributed by atoms with Crippen molar-refractivity contribution in [2.45, 2.75) is 50.2 Å². The second kappa shape index (κ2) is 13.7. The molecular formula is C27H35BN4O4S. The molecular weight excluding hydrogens is 487 g/mol. The van der Waals surface area contributed by atoms with Crippen molar-refractivity contribution >= 4 is 44.0 Å². The van der Waals surface area contributed by atoms with Crippen LogP contribution < -0.4 is 15.8 Å². The van der Waals surface area contributed by atoms with Crippen LogP contribution in [0.5, 0.6) is 5.75 Å². The highest BCUT2D eigenvalue weighted by Gasteiger charge is 2.26. The topological polar surface area (TPSA) is 120 Å². The molecule has 0 saturated carbocycles. The first-order chi connectivity index (χ1) is 17.7. The molecule has 37 heavy (non-hydrogen) atoms. The molecule has 2 aromatic rings. The van der Waals surface area contributed by atoms with Gasteiger partial charge in [-0.25, -0.2) is 0 Å². The van der Waals surface area contributed by atoms with Crippen LogP contribution in [0.1, 0.15) is 32.3 Å². The molecule has 0 aliphatic carbocycles. The van der Waals surface area contributed by atoms with Crippen LogP contribution in [0.25, 0.3) is 0 Å². The number of nitrogens with zero attached hydrogens (tertiary/aromatic N) is 2. The molecule has 1 heterocycles. The minimum Gasteiger partial charge on any atom is -0.500 e. The van der Waals surface area contributed by atoms with Gasteiger partial charge in [-0.2, -0.15) is 0 Å². The van der Waals surface area contributed by atoms with Crippen molar-refractivity contribution in [1.29, 1.82) is 0 Å². The lowest BCUT2D eigenvalue weighted by Gasteiger charge is -2.35. The summed E-state index contributed by atoms with van der Waals surface area (Å²) >= 11 is 4.26. The van der Waals surface area contributed by atoms with Gasteiger partial charge in [-0.3, -0.25) is 14.7 Å². The van der Waals surface area contributed by atoms with Gasteiger partial charge in [-0.05, 0) is 69.5 Å². The van der Waals surface area contributed by atoms with Crippen LogP contribution in [-0.2, 0) is 11.3 Å². The lowest BCUT2D eigenvalue weighted by Crippen LogP contribution is -2.41. The second-order valence-corrected chi connectivity index (χ2v) is 9.87. The maximum Gasteiger partial charge on any atom is 0.258 e. The van der Waals surface area contributed by atoms with Crippen molar-refractivity contribution in [2.75, 3.05) is 25.0 Å². The van der Waals surface area contributed by atoms with Crippen molar-refractivity contribution in [3.8, 4) is 5.75 Å². The summed E-state index contributed by atoms with van der Waals surface area (Å²) in [4.78, 5) is 20.4. The molecule has 1 fully saturated rings. The molecule has 10 heteroatoms. The number of piperidine rings is 1. The van der Waals surface area contributed by atoms with E-state index in [9.17, 15) is 15.0 Å². The van der Waals surface area contributed by atoms with E-state index in [1.54, 1.807) is 38.1 Å². The van der Waals surface area contributed by atoms with Gasteiger partial charge >= 0.3 is 0 Å². The van der Waals surface area contributed by atoms with E-state index in [1.807, 2.05) is 18.2 Å². The smallest absolute Gasteiger partial charge is 0.258 e. The molecule has 1 amide bonds. The molecule has 1 aliphatic rings. The molecule has 1 aliphatic heterocycles. The number of nitrogens with two attached hydrogens (primary N) is 1. The number of ether oxygens (including phenoxy) is 1. The summed E-state index contributed by atoms with van der Waals surface area (Å²) in [6.45, 7) is 5.29. The minimum absolute atomic E-state index is 0.0253. The molecule has 0 spiro atoms. The van der Waals surface area contributed by atoms with Crippen LogP contribution in [0.15, 0.2) is 63.6 Å². The van der Waals surface area contributed by atoms with Crippen LogP contribution in [0.3, 0.4) is 0 Å². The Morgan fingerprint density at radius 3 is 2.73 bits per heavy atom. The zero-order chi connectivity index (χ0) is 26.9. The number of hydrogen-bond donors (Lipinski definition) is 5. The zero-order valence-corrected chi connectivity index (χ0v) is 22.2. The van der Waals surface area contributed by atoms with Crippen molar-refractivity contribution in [1.82, 2.24) is 4.90 Å². The highest BCUT2D eigenvalue weighted by Crippen LogP contribution is 2.28. The molecule has 1 saturated heterocycles. The van der Waals surface area contributed by atoms with Crippen LogP contribution in [0.4, 0.5) is 11.4 Å². The molecule has 0 bridgehead atoms. The molecule has 8 nitrogen and oxygen atoms in total. The third-order valence-corrected chi connectivity index (χ3v) is 6.47. The van der Waals surface area contributed by atoms with E-state index < -0.39 is 18.0 Å². The van der Waals surface area contributed by atoms with Crippen molar-refractivity contribution in [3.05, 3.63) is 59.3 Å². The first-order valence-corrected chi connectivity index (χ1v) is 12.8. The van der Waals surface area contributed by atoms with Gasteiger partial charge < -0.3 is 26.0 Å². The van der Waals surface area contributed by atoms with E-state index in [1.165, 1.54) is 6.21 Å². The van der Waals surface area contributed by atoms with E-state index in [2.05, 4.69) is 27.8 Å². The Hall–Kier alpha value is -2.79. The van der Waals surface area contributed by atoms with E-state index >= 15 is 0 Å². The lowest BCUT2D eigenvalue weighted by atomic mass is 9.92. The molecule has 0 aromatic heterocycles. The summed E-state index contributed by atoms with van der Waals surface area (Å²) < 4.78 is 5.87. The fourth-order valence-corrected chi connectivity index (χ4v) is 4.38. The fourth-order valence-electron chi connectivity index (χ4n) is 4.23. The Labute approximate surface area is 225 Å². The second-order valence-electron chi connectivity index (χ2n) is 9.36. The number of benzene rings is 2. The van der Waals surface area contributed by atoms with Gasteiger partial charge in [-0.1, -0.05) is 6.07 Å². The predicted octanol–water partition coefficient (Wildman–Crippen LogP) is 3.01. The Bertz CT molecular complexity index is 1120. The monoisotopic (exact) mass is 522 g/mol. The Morgan fingerprint density at radius 2 is 2.08 bits per heavy atom. The number of anilines is 1. The number of aliphatic hydroxyl groups is 2. The van der Waals surface area contributed by atoms with Crippen LogP contribution in [0.2, 0.25) is 0 Å². The Balaban J connectivity index is 1.75. The quantitative estimate of drug-likeness (QED) is 0.142. The third-order valence-electron chi connectivity index (χ3n) is 6.17. The number of hydrogen-bond acceptors (Lipinski definition) is 8. The van der Waals surface area contributed by atoms with Gasteiger partial charge in [0.25, 0.3) is 5.91 Å². The highest BCUT2D eigenvalue weighted by atomic mass is 32.1. The van der Waals surface area contributed by atoms with Gasteiger partial charge in [0.05, 0.1) is 30.0 Å². The highest BCUT2D eigenvalue weighted by molar-refractivity contribution is 7.80. The van der Waals surface area contributed by atoms with Gasteiger partial charge in [0.1, 0.15) is 13.6 Å². The number of aliphatic hydroxyl groups excluding tert-OH is 2. The maximum absolute atomic E-state index is 13.0. The third kappa shape index (κ3) is 8.64. The largest absolute Gasteiger partial charge is 0.500 e. The molecule has 3 rings (SSSR count). The Morgan fingerprint density at radius 1 is 1.35 bits per heavy atom. The number of aliphatic imine (C=N–C) groups is 1. The van der Waals surface area contributed by atoms with Gasteiger partial charge in [0, 0.05) is 47.2 Å². The standard InChI is InChI=1S/C27H35BN4O4S/c1-17(29)24(13-30-21-7-9-23(37)10-8-21)27(35)31-22-6-5-20(26(12-22)36-18(2)28)15-32-11-3-4-19(14-32)25(34)16-33/h5-10,12-13,18-19,25,33-34,37H,3-4,11,14-16,29H2,1-2H3,(H,31,35)/b24-17+,30-13?. The summed E-state index contributed by atoms with van der Waals surface area (Å²) in [6.07, 6.45) is 2.54. The molecule has 3 unspecified atom stereocenters.